The number of ether oxygens (including phenoxy) is 9. The Kier molecular flexibility index (Phi) is 37.4. The van der Waals surface area contributed by atoms with Crippen LogP contribution in [0.5, 0.6) is 0 Å². The van der Waals surface area contributed by atoms with Crippen LogP contribution < -0.4 is 42.5 Å². The molecule has 93 heavy (non-hydrogen) atoms. The third-order valence-electron chi connectivity index (χ3n) is 15.6. The first kappa shape index (κ1) is 81.5. The fourth-order valence-corrected chi connectivity index (χ4v) is 11.7. The summed E-state index contributed by atoms with van der Waals surface area (Å²) in [5.74, 6) is -4.83. The van der Waals surface area contributed by atoms with E-state index in [1.54, 1.807) is 20.8 Å². The minimum Gasteiger partial charge on any atom is -0.394 e. The summed E-state index contributed by atoms with van der Waals surface area (Å²) in [7, 11) is 0. The van der Waals surface area contributed by atoms with Gasteiger partial charge in [-0.1, -0.05) is 33.0 Å². The standard InChI is InChI=1S/C56H101N8O27PS/c1-6-57-42-48(75)45(72)37(27-65)88-54(42)85-24-21-82-18-15-58-40(70)13-11-35(52(79)59-16-19-83-22-25-86-55-43(61-31(4)68)49(76)46(73)38(28-66)89-55)63-41(71)14-12-36(64-51(78)33-7-9-34(10-8-33)91-92(81,93)30(2)3)53(80)60-17-20-84-23-26-87-56-44(62-32(5)69)50(77)47(74)39(29-67)90-56/h30,33-39,42-50,54-57,65-67,72-77H,6-29H2,1-5H3,(H,58,70)(H,59,79)(H,60,80)(H,61,68)(H,62,69)(H,63,71)(H,64,78)(H,81,93)/t33-,34+,35?,36?,37?,38?,39?,42?,43?,44?,45?,46?,47?,48?,49?,50?,54?,55?,56?,92?. The molecule has 0 aromatic heterocycles. The van der Waals surface area contributed by atoms with E-state index in [-0.39, 0.29) is 104 Å². The van der Waals surface area contributed by atoms with E-state index in [1.165, 1.54) is 13.8 Å². The van der Waals surface area contributed by atoms with Crippen molar-refractivity contribution in [2.24, 2.45) is 5.92 Å². The molecule has 3 heterocycles. The predicted molar refractivity (Wildman–Crippen MR) is 326 cm³/mol. The van der Waals surface area contributed by atoms with Gasteiger partial charge in [0.1, 0.15) is 79.1 Å². The van der Waals surface area contributed by atoms with E-state index in [9.17, 15) is 84.1 Å². The quantitative estimate of drug-likeness (QED) is 0.0153. The summed E-state index contributed by atoms with van der Waals surface area (Å²) in [6, 6.07) is -5.79. The van der Waals surface area contributed by atoms with Crippen molar-refractivity contribution >= 4 is 60.2 Å². The van der Waals surface area contributed by atoms with Crippen LogP contribution in [0.3, 0.4) is 0 Å². The van der Waals surface area contributed by atoms with E-state index in [4.69, 9.17) is 47.2 Å². The van der Waals surface area contributed by atoms with Gasteiger partial charge >= 0.3 is 0 Å². The molecule has 538 valence electrons. The Morgan fingerprint density at radius 2 is 0.914 bits per heavy atom. The van der Waals surface area contributed by atoms with Crippen molar-refractivity contribution in [2.75, 3.05) is 105 Å². The maximum Gasteiger partial charge on any atom is 0.257 e. The Morgan fingerprint density at radius 1 is 0.527 bits per heavy atom. The maximum absolute atomic E-state index is 13.9. The summed E-state index contributed by atoms with van der Waals surface area (Å²) in [6.07, 6.45) is -16.0. The van der Waals surface area contributed by atoms with E-state index < -0.39 is 190 Å². The molecule has 3 aliphatic heterocycles. The molecule has 7 amide bonds. The van der Waals surface area contributed by atoms with E-state index in [2.05, 4.69) is 54.8 Å². The fourth-order valence-electron chi connectivity index (χ4n) is 10.4. The number of carbonyl (C=O) groups excluding carboxylic acids is 7. The fraction of sp³-hybridized carbons (Fsp3) is 0.875. The van der Waals surface area contributed by atoms with Crippen molar-refractivity contribution < 1.29 is 131 Å². The molecular formula is C56H101N8O27PS. The molecule has 4 fully saturated rings. The van der Waals surface area contributed by atoms with Crippen molar-refractivity contribution in [3.05, 3.63) is 0 Å². The average Bonchev–Trinajstić information content (AvgIpc) is 1.04. The van der Waals surface area contributed by atoms with Crippen molar-refractivity contribution in [3.63, 3.8) is 0 Å². The second-order valence-corrected chi connectivity index (χ2v) is 27.1. The van der Waals surface area contributed by atoms with Gasteiger partial charge in [0.05, 0.1) is 91.4 Å². The zero-order valence-corrected chi connectivity index (χ0v) is 55.1. The number of hydrogen-bond acceptors (Lipinski definition) is 28. The second kappa shape index (κ2) is 42.7. The predicted octanol–water partition coefficient (Wildman–Crippen LogP) is -6.62. The highest BCUT2D eigenvalue weighted by Crippen LogP contribution is 2.58. The van der Waals surface area contributed by atoms with Crippen LogP contribution in [0.4, 0.5) is 0 Å². The van der Waals surface area contributed by atoms with Gasteiger partial charge in [-0.15, -0.1) is 0 Å². The van der Waals surface area contributed by atoms with Gasteiger partial charge in [0.15, 0.2) is 18.9 Å². The molecular weight excluding hydrogens is 1280 g/mol. The summed E-state index contributed by atoms with van der Waals surface area (Å²) in [5, 5.41) is 113. The number of likely N-dealkylation sites (N-methyl/N-ethyl adjacent to an activating group) is 1. The van der Waals surface area contributed by atoms with Crippen molar-refractivity contribution in [2.45, 2.75) is 202 Å². The highest BCUT2D eigenvalue weighted by Gasteiger charge is 2.48. The SMILES string of the molecule is CCNC1C(OCCOCCNC(=O)CCC(NC(=O)CCC(NC(=O)[C@H]2CC[C@@H](OP(=O)(S)C(C)C)CC2)C(=O)NCCOCCOC2OC(CO)C(O)C(O)C2NC(C)=O)C(=O)NCCOCCOC2OC(CO)C(O)C(O)C2NC(C)=O)OC(CO)C(O)C1O. The molecule has 37 heteroatoms. The Bertz CT molecular complexity index is 2320. The van der Waals surface area contributed by atoms with E-state index in [0.29, 0.717) is 32.2 Å². The number of aliphatic hydroxyl groups is 9. The molecule has 4 rings (SSSR count). The Hall–Kier alpha value is -3.93. The molecule has 17 N–H and O–H groups in total. The monoisotopic (exact) mass is 1380 g/mol. The Balaban J connectivity index is 1.36. The molecule has 0 aromatic rings. The minimum atomic E-state index is -3.22. The van der Waals surface area contributed by atoms with Crippen LogP contribution in [0.25, 0.3) is 0 Å². The number of nitrogens with one attached hydrogen (secondary N) is 8. The first-order valence-corrected chi connectivity index (χ1v) is 34.3. The summed E-state index contributed by atoms with van der Waals surface area (Å²) in [6.45, 7) is 2.13. The van der Waals surface area contributed by atoms with Crippen molar-refractivity contribution in [3.8, 4) is 0 Å². The van der Waals surface area contributed by atoms with Gasteiger partial charge in [-0.25, -0.2) is 0 Å². The molecule has 35 nitrogen and oxygen atoms in total. The zero-order chi connectivity index (χ0) is 68.8. The molecule has 4 aliphatic rings. The number of hydrogen-bond donors (Lipinski definition) is 18. The lowest BCUT2D eigenvalue weighted by Crippen LogP contribution is -2.64. The summed E-state index contributed by atoms with van der Waals surface area (Å²) in [5.41, 5.74) is -0.338. The second-order valence-electron chi connectivity index (χ2n) is 23.0. The average molecular weight is 1380 g/mol. The third-order valence-corrected chi connectivity index (χ3v) is 19.2. The Labute approximate surface area is 545 Å². The Morgan fingerprint density at radius 3 is 1.31 bits per heavy atom. The van der Waals surface area contributed by atoms with Crippen LogP contribution >= 0.6 is 18.8 Å². The molecule has 18 unspecified atom stereocenters. The number of rotatable bonds is 42. The maximum atomic E-state index is 13.9. The van der Waals surface area contributed by atoms with Gasteiger partial charge in [-0.05, 0) is 45.1 Å². The smallest absolute Gasteiger partial charge is 0.257 e. The topological polar surface area (TPSA) is 507 Å². The van der Waals surface area contributed by atoms with Crippen LogP contribution in [0.15, 0.2) is 0 Å². The van der Waals surface area contributed by atoms with Gasteiger partial charge in [-0.3, -0.25) is 38.1 Å². The minimum absolute atomic E-state index is 0.0188. The molecule has 0 spiro atoms. The summed E-state index contributed by atoms with van der Waals surface area (Å²) < 4.78 is 69.3. The molecule has 0 aromatic carbocycles. The molecule has 18 atom stereocenters. The van der Waals surface area contributed by atoms with Crippen LogP contribution in [0.1, 0.15) is 86.0 Å². The normalized spacial score (nSPS) is 30.3. The molecule has 1 aliphatic carbocycles. The number of aliphatic hydroxyl groups excluding tert-OH is 9. The zero-order valence-electron chi connectivity index (χ0n) is 53.3. The lowest BCUT2D eigenvalue weighted by molar-refractivity contribution is -0.272. The summed E-state index contributed by atoms with van der Waals surface area (Å²) >= 11 is 4.24. The van der Waals surface area contributed by atoms with Crippen LogP contribution in [-0.2, 0) is 85.3 Å². The van der Waals surface area contributed by atoms with Crippen LogP contribution in [-0.4, -0.2) is 309 Å². The highest BCUT2D eigenvalue weighted by molar-refractivity contribution is 8.46. The van der Waals surface area contributed by atoms with Gasteiger partial charge < -0.3 is 136 Å². The largest absolute Gasteiger partial charge is 0.394 e. The highest BCUT2D eigenvalue weighted by atomic mass is 32.7. The van der Waals surface area contributed by atoms with Gasteiger partial charge in [-0.2, -0.15) is 0 Å². The molecule has 3 saturated heterocycles. The lowest BCUT2D eigenvalue weighted by Gasteiger charge is -2.42. The third kappa shape index (κ3) is 27.5. The first-order chi connectivity index (χ1) is 44.3. The first-order valence-electron chi connectivity index (χ1n) is 31.4. The van der Waals surface area contributed by atoms with Gasteiger partial charge in [0, 0.05) is 57.9 Å². The van der Waals surface area contributed by atoms with E-state index >= 15 is 0 Å². The molecule has 0 radical (unpaired) electrons. The van der Waals surface area contributed by atoms with Crippen molar-refractivity contribution in [1.29, 1.82) is 0 Å². The molecule has 1 saturated carbocycles. The van der Waals surface area contributed by atoms with Crippen LogP contribution in [0, 0.1) is 5.92 Å². The lowest BCUT2D eigenvalue weighted by atomic mass is 9.86. The number of thiol groups is 1. The van der Waals surface area contributed by atoms with E-state index in [1.807, 2.05) is 0 Å². The van der Waals surface area contributed by atoms with Crippen LogP contribution in [0.2, 0.25) is 0 Å². The van der Waals surface area contributed by atoms with Gasteiger partial charge in [0.25, 0.3) is 6.57 Å². The number of amides is 7. The molecule has 0 bridgehead atoms. The van der Waals surface area contributed by atoms with Crippen molar-refractivity contribution in [1.82, 2.24) is 42.5 Å². The van der Waals surface area contributed by atoms with E-state index in [0.717, 1.165) is 0 Å². The summed E-state index contributed by atoms with van der Waals surface area (Å²) in [4.78, 5) is 92.0. The number of carbonyl (C=O) groups is 7. The van der Waals surface area contributed by atoms with Gasteiger partial charge in [0.2, 0.25) is 41.4 Å².